The van der Waals surface area contributed by atoms with Crippen molar-refractivity contribution in [1.29, 1.82) is 0 Å². The molecule has 0 aliphatic carbocycles. The highest BCUT2D eigenvalue weighted by Crippen LogP contribution is 2.24. The number of rotatable bonds is 4. The molecule has 0 fully saturated rings. The van der Waals surface area contributed by atoms with E-state index in [1.54, 1.807) is 11.8 Å². The van der Waals surface area contributed by atoms with Crippen LogP contribution in [0.25, 0.3) is 5.65 Å². The smallest absolute Gasteiger partial charge is 0.274 e. The van der Waals surface area contributed by atoms with Crippen LogP contribution in [-0.2, 0) is 6.42 Å². The average molecular weight is 404 g/mol. The van der Waals surface area contributed by atoms with Gasteiger partial charge in [-0.15, -0.1) is 11.8 Å². The molecule has 0 aliphatic heterocycles. The van der Waals surface area contributed by atoms with Crippen LogP contribution >= 0.6 is 27.7 Å². The lowest BCUT2D eigenvalue weighted by molar-refractivity contribution is 0.102. The minimum atomic E-state index is -0.143. The van der Waals surface area contributed by atoms with Gasteiger partial charge < -0.3 is 5.32 Å². The van der Waals surface area contributed by atoms with Gasteiger partial charge in [-0.25, -0.2) is 4.98 Å². The lowest BCUT2D eigenvalue weighted by Gasteiger charge is -2.08. The second-order valence-corrected chi connectivity index (χ2v) is 7.24. The molecule has 1 amide bonds. The Morgan fingerprint density at radius 3 is 2.88 bits per heavy atom. The van der Waals surface area contributed by atoms with Gasteiger partial charge in [0.15, 0.2) is 5.65 Å². The second kappa shape index (κ2) is 6.99. The van der Waals surface area contributed by atoms with Crippen LogP contribution in [0.2, 0.25) is 0 Å². The molecule has 124 valence electrons. The maximum absolute atomic E-state index is 12.9. The molecule has 2 aromatic heterocycles. The van der Waals surface area contributed by atoms with Crippen molar-refractivity contribution >= 4 is 44.9 Å². The maximum atomic E-state index is 12.9. The van der Waals surface area contributed by atoms with Crippen LogP contribution in [0, 0.1) is 6.92 Å². The number of imidazole rings is 1. The Balaban J connectivity index is 2.05. The Labute approximate surface area is 153 Å². The lowest BCUT2D eigenvalue weighted by Crippen LogP contribution is -2.16. The van der Waals surface area contributed by atoms with Crippen LogP contribution in [0.3, 0.4) is 0 Å². The number of hydrogen-bond acceptors (Lipinski definition) is 3. The number of thioether (sulfide) groups is 1. The molecule has 0 bridgehead atoms. The molecular weight excluding hydrogens is 386 g/mol. The number of amides is 1. The molecule has 0 saturated carbocycles. The van der Waals surface area contributed by atoms with E-state index in [9.17, 15) is 4.79 Å². The van der Waals surface area contributed by atoms with Crippen molar-refractivity contribution in [2.75, 3.05) is 11.6 Å². The molecule has 1 aromatic carbocycles. The highest BCUT2D eigenvalue weighted by Gasteiger charge is 2.20. The van der Waals surface area contributed by atoms with Gasteiger partial charge >= 0.3 is 0 Å². The van der Waals surface area contributed by atoms with Crippen LogP contribution < -0.4 is 5.32 Å². The third-order valence-corrected chi connectivity index (χ3v) is 5.07. The summed E-state index contributed by atoms with van der Waals surface area (Å²) in [7, 11) is 0. The van der Waals surface area contributed by atoms with E-state index in [4.69, 9.17) is 0 Å². The number of aromatic nitrogens is 2. The number of carbonyl (C=O) groups is 1. The summed E-state index contributed by atoms with van der Waals surface area (Å²) < 4.78 is 2.76. The number of halogens is 1. The summed E-state index contributed by atoms with van der Waals surface area (Å²) in [5, 5.41) is 3.00. The van der Waals surface area contributed by atoms with Gasteiger partial charge in [0.1, 0.15) is 5.69 Å². The number of hydrogen-bond donors (Lipinski definition) is 1. The molecule has 0 aliphatic rings. The minimum Gasteiger partial charge on any atom is -0.321 e. The molecule has 3 rings (SSSR count). The Morgan fingerprint density at radius 2 is 2.17 bits per heavy atom. The molecule has 1 N–H and O–H groups in total. The third-order valence-electron chi connectivity index (χ3n) is 3.76. The van der Waals surface area contributed by atoms with Crippen LogP contribution in [0.15, 0.2) is 45.9 Å². The Hall–Kier alpha value is -1.79. The summed E-state index contributed by atoms with van der Waals surface area (Å²) in [6.07, 6.45) is 4.65. The molecule has 2 heterocycles. The Bertz CT molecular complexity index is 920. The Morgan fingerprint density at radius 1 is 1.38 bits per heavy atom. The van der Waals surface area contributed by atoms with Crippen LogP contribution in [0.1, 0.15) is 28.7 Å². The predicted molar refractivity (Wildman–Crippen MR) is 103 cm³/mol. The topological polar surface area (TPSA) is 46.4 Å². The Kier molecular flexibility index (Phi) is 4.96. The molecule has 24 heavy (non-hydrogen) atoms. The first-order valence-corrected chi connectivity index (χ1v) is 9.67. The first kappa shape index (κ1) is 17.0. The van der Waals surface area contributed by atoms with E-state index in [2.05, 4.69) is 26.2 Å². The molecule has 0 spiro atoms. The summed E-state index contributed by atoms with van der Waals surface area (Å²) in [6.45, 7) is 4.01. The zero-order valence-electron chi connectivity index (χ0n) is 13.8. The molecule has 3 aromatic rings. The number of benzene rings is 1. The van der Waals surface area contributed by atoms with Crippen LogP contribution in [0.4, 0.5) is 5.69 Å². The van der Waals surface area contributed by atoms with Gasteiger partial charge in [-0.2, -0.15) is 0 Å². The summed E-state index contributed by atoms with van der Waals surface area (Å²) in [4.78, 5) is 18.6. The lowest BCUT2D eigenvalue weighted by atomic mass is 10.2. The number of nitrogens with zero attached hydrogens (tertiary/aromatic N) is 2. The fourth-order valence-electron chi connectivity index (χ4n) is 2.66. The first-order valence-electron chi connectivity index (χ1n) is 7.66. The third kappa shape index (κ3) is 3.21. The van der Waals surface area contributed by atoms with E-state index in [0.717, 1.165) is 32.0 Å². The average Bonchev–Trinajstić information content (AvgIpc) is 2.93. The van der Waals surface area contributed by atoms with E-state index in [0.29, 0.717) is 12.1 Å². The second-order valence-electron chi connectivity index (χ2n) is 5.51. The number of anilines is 1. The van der Waals surface area contributed by atoms with Crippen molar-refractivity contribution < 1.29 is 4.79 Å². The summed E-state index contributed by atoms with van der Waals surface area (Å²) >= 11 is 5.19. The first-order chi connectivity index (χ1) is 11.5. The van der Waals surface area contributed by atoms with E-state index < -0.39 is 0 Å². The summed E-state index contributed by atoms with van der Waals surface area (Å²) in [6, 6.07) is 9.83. The van der Waals surface area contributed by atoms with Crippen molar-refractivity contribution in [2.45, 2.75) is 25.2 Å². The van der Waals surface area contributed by atoms with E-state index in [-0.39, 0.29) is 5.91 Å². The van der Waals surface area contributed by atoms with Gasteiger partial charge in [0.05, 0.1) is 10.2 Å². The number of aryl methyl sites for hydroxylation is 2. The molecule has 0 unspecified atom stereocenters. The zero-order chi connectivity index (χ0) is 17.3. The standard InChI is InChI=1S/C18H18BrN3OS/c1-4-15-16(22-10-11(2)8-14(19)17(22)21-15)18(23)20-12-6-5-7-13(9-12)24-3/h5-10H,4H2,1-3H3,(H,20,23). The maximum Gasteiger partial charge on any atom is 0.274 e. The van der Waals surface area contributed by atoms with Gasteiger partial charge in [-0.05, 0) is 65.4 Å². The van der Waals surface area contributed by atoms with Crippen molar-refractivity contribution in [1.82, 2.24) is 9.38 Å². The van der Waals surface area contributed by atoms with Crippen molar-refractivity contribution in [3.63, 3.8) is 0 Å². The summed E-state index contributed by atoms with van der Waals surface area (Å²) in [5.41, 5.74) is 4.00. The largest absolute Gasteiger partial charge is 0.321 e. The van der Waals surface area contributed by atoms with Crippen LogP contribution in [0.5, 0.6) is 0 Å². The molecular formula is C18H18BrN3OS. The van der Waals surface area contributed by atoms with Crippen molar-refractivity contribution in [2.24, 2.45) is 0 Å². The van der Waals surface area contributed by atoms with Crippen molar-refractivity contribution in [3.8, 4) is 0 Å². The van der Waals surface area contributed by atoms with Gasteiger partial charge in [0.25, 0.3) is 5.91 Å². The molecule has 0 radical (unpaired) electrons. The fourth-order valence-corrected chi connectivity index (χ4v) is 3.76. The van der Waals surface area contributed by atoms with E-state index in [1.807, 2.05) is 61.0 Å². The highest BCUT2D eigenvalue weighted by molar-refractivity contribution is 9.10. The molecule has 0 saturated heterocycles. The van der Waals surface area contributed by atoms with Gasteiger partial charge in [0.2, 0.25) is 0 Å². The van der Waals surface area contributed by atoms with Crippen LogP contribution in [-0.4, -0.2) is 21.5 Å². The number of nitrogens with one attached hydrogen (secondary N) is 1. The van der Waals surface area contributed by atoms with E-state index >= 15 is 0 Å². The monoisotopic (exact) mass is 403 g/mol. The number of pyridine rings is 1. The van der Waals surface area contributed by atoms with Crippen molar-refractivity contribution in [3.05, 3.63) is 58.0 Å². The fraction of sp³-hybridized carbons (Fsp3) is 0.222. The SMILES string of the molecule is CCc1nc2c(Br)cc(C)cn2c1C(=O)Nc1cccc(SC)c1. The predicted octanol–water partition coefficient (Wildman–Crippen LogP) is 4.94. The quantitative estimate of drug-likeness (QED) is 0.627. The number of carbonyl (C=O) groups excluding carboxylic acids is 1. The highest BCUT2D eigenvalue weighted by atomic mass is 79.9. The normalized spacial score (nSPS) is 11.0. The van der Waals surface area contributed by atoms with Gasteiger partial charge in [0, 0.05) is 16.8 Å². The molecule has 4 nitrogen and oxygen atoms in total. The number of fused-ring (bicyclic) bond motifs is 1. The van der Waals surface area contributed by atoms with Gasteiger partial charge in [-0.1, -0.05) is 13.0 Å². The molecule has 6 heteroatoms. The van der Waals surface area contributed by atoms with Gasteiger partial charge in [-0.3, -0.25) is 9.20 Å². The molecule has 0 atom stereocenters. The zero-order valence-corrected chi connectivity index (χ0v) is 16.2. The van der Waals surface area contributed by atoms with E-state index in [1.165, 1.54) is 0 Å². The summed E-state index contributed by atoms with van der Waals surface area (Å²) in [5.74, 6) is -0.143. The minimum absolute atomic E-state index is 0.143.